The Bertz CT molecular complexity index is 497. The van der Waals surface area contributed by atoms with Crippen molar-refractivity contribution in [3.63, 3.8) is 0 Å². The number of nitrogens with zero attached hydrogens (tertiary/aromatic N) is 2. The zero-order valence-electron chi connectivity index (χ0n) is 6.86. The maximum Gasteiger partial charge on any atom is 0.141 e. The quantitative estimate of drug-likeness (QED) is 0.610. The Morgan fingerprint density at radius 2 is 2.08 bits per heavy atom. The van der Waals surface area contributed by atoms with Crippen LogP contribution in [0.4, 0.5) is 5.69 Å². The van der Waals surface area contributed by atoms with Crippen LogP contribution in [0.2, 0.25) is 0 Å². The zero-order chi connectivity index (χ0) is 9.26. The van der Waals surface area contributed by atoms with Crippen molar-refractivity contribution in [1.29, 1.82) is 5.26 Å². The van der Waals surface area contributed by atoms with Crippen molar-refractivity contribution < 1.29 is 0 Å². The van der Waals surface area contributed by atoms with Gasteiger partial charge in [0.2, 0.25) is 0 Å². The lowest BCUT2D eigenvalue weighted by atomic mass is 10.1. The van der Waals surface area contributed by atoms with Crippen molar-refractivity contribution in [1.82, 2.24) is 4.98 Å². The van der Waals surface area contributed by atoms with Gasteiger partial charge in [-0.2, -0.15) is 5.26 Å². The van der Waals surface area contributed by atoms with Crippen LogP contribution in [0.25, 0.3) is 10.8 Å². The average Bonchev–Trinajstić information content (AvgIpc) is 2.16. The summed E-state index contributed by atoms with van der Waals surface area (Å²) in [6.45, 7) is 0. The molecular formula is C10H7N3. The van der Waals surface area contributed by atoms with Gasteiger partial charge >= 0.3 is 0 Å². The highest BCUT2D eigenvalue weighted by atomic mass is 14.7. The smallest absolute Gasteiger partial charge is 0.141 e. The number of pyridine rings is 1. The second kappa shape index (κ2) is 2.76. The van der Waals surface area contributed by atoms with Crippen molar-refractivity contribution >= 4 is 16.5 Å². The molecule has 3 heteroatoms. The predicted molar refractivity (Wildman–Crippen MR) is 50.9 cm³/mol. The molecule has 0 aliphatic heterocycles. The molecule has 3 nitrogen and oxygen atoms in total. The Morgan fingerprint density at radius 1 is 1.23 bits per heavy atom. The highest BCUT2D eigenvalue weighted by Gasteiger charge is 1.96. The molecule has 0 radical (unpaired) electrons. The third kappa shape index (κ3) is 1.30. The zero-order valence-corrected chi connectivity index (χ0v) is 6.86. The van der Waals surface area contributed by atoms with E-state index in [1.807, 2.05) is 24.3 Å². The first-order chi connectivity index (χ1) is 6.29. The molecule has 0 unspecified atom stereocenters. The minimum atomic E-state index is 0.415. The summed E-state index contributed by atoms with van der Waals surface area (Å²) in [5, 5.41) is 10.6. The van der Waals surface area contributed by atoms with E-state index in [9.17, 15) is 0 Å². The number of hydrogen-bond acceptors (Lipinski definition) is 3. The fourth-order valence-electron chi connectivity index (χ4n) is 1.22. The van der Waals surface area contributed by atoms with E-state index in [4.69, 9.17) is 11.0 Å². The third-order valence-electron chi connectivity index (χ3n) is 1.86. The van der Waals surface area contributed by atoms with E-state index >= 15 is 0 Å². The van der Waals surface area contributed by atoms with Gasteiger partial charge in [0, 0.05) is 17.3 Å². The summed E-state index contributed by atoms with van der Waals surface area (Å²) in [6, 6.07) is 9.25. The first kappa shape index (κ1) is 7.56. The van der Waals surface area contributed by atoms with Crippen LogP contribution >= 0.6 is 0 Å². The molecule has 0 spiro atoms. The standard InChI is InChI=1S/C10H7N3/c11-5-10-4-8-3-9(12)2-1-7(8)6-13-10/h1-4,6H,12H2. The van der Waals surface area contributed by atoms with Gasteiger partial charge in [0.1, 0.15) is 11.8 Å². The van der Waals surface area contributed by atoms with Crippen LogP contribution < -0.4 is 5.73 Å². The number of hydrogen-bond donors (Lipinski definition) is 1. The fraction of sp³-hybridized carbons (Fsp3) is 0. The Hall–Kier alpha value is -2.08. The second-order valence-electron chi connectivity index (χ2n) is 2.79. The second-order valence-corrected chi connectivity index (χ2v) is 2.79. The molecule has 0 aliphatic rings. The number of rotatable bonds is 0. The van der Waals surface area contributed by atoms with Crippen LogP contribution in [0.1, 0.15) is 5.69 Å². The average molecular weight is 169 g/mol. The monoisotopic (exact) mass is 169 g/mol. The van der Waals surface area contributed by atoms with Gasteiger partial charge in [0.25, 0.3) is 0 Å². The number of nitrogens with two attached hydrogens (primary N) is 1. The molecule has 0 saturated carbocycles. The van der Waals surface area contributed by atoms with E-state index in [-0.39, 0.29) is 0 Å². The molecular weight excluding hydrogens is 162 g/mol. The molecule has 2 rings (SSSR count). The minimum Gasteiger partial charge on any atom is -0.399 e. The molecule has 0 bridgehead atoms. The molecule has 1 heterocycles. The summed E-state index contributed by atoms with van der Waals surface area (Å²) >= 11 is 0. The van der Waals surface area contributed by atoms with Gasteiger partial charge in [0.05, 0.1) is 0 Å². The summed E-state index contributed by atoms with van der Waals surface area (Å²) < 4.78 is 0. The van der Waals surface area contributed by atoms with Crippen molar-refractivity contribution in [2.45, 2.75) is 0 Å². The molecule has 2 aromatic rings. The lowest BCUT2D eigenvalue weighted by molar-refractivity contribution is 1.29. The summed E-state index contributed by atoms with van der Waals surface area (Å²) in [4.78, 5) is 3.95. The van der Waals surface area contributed by atoms with Gasteiger partial charge in [-0.25, -0.2) is 4.98 Å². The summed E-state index contributed by atoms with van der Waals surface area (Å²) in [5.41, 5.74) is 6.72. The molecule has 0 fully saturated rings. The SMILES string of the molecule is N#Cc1cc2cc(N)ccc2cn1. The molecule has 1 aromatic heterocycles. The number of fused-ring (bicyclic) bond motifs is 1. The van der Waals surface area contributed by atoms with Crippen molar-refractivity contribution in [2.75, 3.05) is 5.73 Å². The third-order valence-corrected chi connectivity index (χ3v) is 1.86. The number of nitrogen functional groups attached to an aromatic ring is 1. The lowest BCUT2D eigenvalue weighted by Gasteiger charge is -1.98. The van der Waals surface area contributed by atoms with Gasteiger partial charge < -0.3 is 5.73 Å². The van der Waals surface area contributed by atoms with Crippen LogP contribution in [-0.2, 0) is 0 Å². The number of aromatic nitrogens is 1. The molecule has 13 heavy (non-hydrogen) atoms. The van der Waals surface area contributed by atoms with Crippen LogP contribution in [0, 0.1) is 11.3 Å². The predicted octanol–water partition coefficient (Wildman–Crippen LogP) is 1.69. The maximum atomic E-state index is 8.62. The molecule has 0 aliphatic carbocycles. The topological polar surface area (TPSA) is 62.7 Å². The number of benzene rings is 1. The Balaban J connectivity index is 2.77. The first-order valence-corrected chi connectivity index (χ1v) is 3.85. The van der Waals surface area contributed by atoms with Crippen LogP contribution in [0.15, 0.2) is 30.5 Å². The highest BCUT2D eigenvalue weighted by molar-refractivity contribution is 5.85. The Morgan fingerprint density at radius 3 is 2.85 bits per heavy atom. The fourth-order valence-corrected chi connectivity index (χ4v) is 1.22. The van der Waals surface area contributed by atoms with Gasteiger partial charge in [-0.05, 0) is 23.6 Å². The van der Waals surface area contributed by atoms with Crippen LogP contribution in [-0.4, -0.2) is 4.98 Å². The normalized spacial score (nSPS) is 9.77. The Labute approximate surface area is 75.4 Å². The van der Waals surface area contributed by atoms with E-state index in [0.717, 1.165) is 10.8 Å². The Kier molecular flexibility index (Phi) is 1.60. The summed E-state index contributed by atoms with van der Waals surface area (Å²) in [7, 11) is 0. The van der Waals surface area contributed by atoms with E-state index in [2.05, 4.69) is 4.98 Å². The van der Waals surface area contributed by atoms with Gasteiger partial charge in [-0.1, -0.05) is 6.07 Å². The van der Waals surface area contributed by atoms with Gasteiger partial charge in [0.15, 0.2) is 0 Å². The van der Waals surface area contributed by atoms with E-state index < -0.39 is 0 Å². The molecule has 0 saturated heterocycles. The van der Waals surface area contributed by atoms with E-state index in [1.165, 1.54) is 0 Å². The first-order valence-electron chi connectivity index (χ1n) is 3.85. The van der Waals surface area contributed by atoms with E-state index in [0.29, 0.717) is 11.4 Å². The van der Waals surface area contributed by atoms with Crippen LogP contribution in [0.3, 0.4) is 0 Å². The maximum absolute atomic E-state index is 8.62. The van der Waals surface area contributed by atoms with Crippen molar-refractivity contribution in [2.24, 2.45) is 0 Å². The van der Waals surface area contributed by atoms with E-state index in [1.54, 1.807) is 12.3 Å². The van der Waals surface area contributed by atoms with Crippen molar-refractivity contribution in [3.05, 3.63) is 36.2 Å². The van der Waals surface area contributed by atoms with Gasteiger partial charge in [-0.3, -0.25) is 0 Å². The van der Waals surface area contributed by atoms with Crippen molar-refractivity contribution in [3.8, 4) is 6.07 Å². The summed E-state index contributed by atoms with van der Waals surface area (Å²) in [6.07, 6.45) is 1.67. The minimum absolute atomic E-state index is 0.415. The molecule has 1 aromatic carbocycles. The number of anilines is 1. The van der Waals surface area contributed by atoms with Gasteiger partial charge in [-0.15, -0.1) is 0 Å². The largest absolute Gasteiger partial charge is 0.399 e. The lowest BCUT2D eigenvalue weighted by Crippen LogP contribution is -1.86. The highest BCUT2D eigenvalue weighted by Crippen LogP contribution is 2.16. The molecule has 2 N–H and O–H groups in total. The van der Waals surface area contributed by atoms with Crippen LogP contribution in [0.5, 0.6) is 0 Å². The number of nitriles is 1. The molecule has 62 valence electrons. The summed E-state index contributed by atoms with van der Waals surface area (Å²) in [5.74, 6) is 0. The molecule has 0 atom stereocenters. The molecule has 0 amide bonds.